The van der Waals surface area contributed by atoms with Crippen LogP contribution in [0.25, 0.3) is 20.7 Å². The highest BCUT2D eigenvalue weighted by Gasteiger charge is 2.19. The molecule has 0 saturated carbocycles. The Kier molecular flexibility index (Phi) is 5.21. The first-order valence-corrected chi connectivity index (χ1v) is 9.88. The third-order valence-corrected chi connectivity index (χ3v) is 6.09. The fourth-order valence-electron chi connectivity index (χ4n) is 2.10. The predicted octanol–water partition coefficient (Wildman–Crippen LogP) is 2.65. The van der Waals surface area contributed by atoms with Crippen LogP contribution >= 0.6 is 34.4 Å². The number of fused-ring (bicyclic) bond motifs is 1. The van der Waals surface area contributed by atoms with E-state index in [0.29, 0.717) is 15.4 Å². The summed E-state index contributed by atoms with van der Waals surface area (Å²) in [6, 6.07) is 3.31. The summed E-state index contributed by atoms with van der Waals surface area (Å²) in [5.41, 5.74) is 0.627. The second-order valence-electron chi connectivity index (χ2n) is 5.01. The van der Waals surface area contributed by atoms with Crippen LogP contribution in [0, 0.1) is 0 Å². The Morgan fingerprint density at radius 3 is 2.84 bits per heavy atom. The zero-order valence-corrected chi connectivity index (χ0v) is 15.7. The number of aromatic nitrogens is 2. The van der Waals surface area contributed by atoms with Gasteiger partial charge in [-0.1, -0.05) is 17.8 Å². The summed E-state index contributed by atoms with van der Waals surface area (Å²) in [7, 11) is 1.43. The standard InChI is InChI=1S/C15H14N4O3S3/c1-7(11(20)17-14(22)16-2)25-15-18-12(21)10-8(6-24-13(10)19-15)9-4-3-5-23-9/h3-7H,1-2H3,(H,18,19,21)(H2,16,17,20,22)/t7-/m1/s1. The number of urea groups is 1. The zero-order valence-electron chi connectivity index (χ0n) is 13.3. The molecule has 10 heteroatoms. The molecule has 25 heavy (non-hydrogen) atoms. The maximum absolute atomic E-state index is 12.5. The number of carbonyl (C=O) groups excluding carboxylic acids is 2. The van der Waals surface area contributed by atoms with Gasteiger partial charge in [0.05, 0.1) is 10.6 Å². The number of nitrogens with one attached hydrogen (secondary N) is 3. The quantitative estimate of drug-likeness (QED) is 0.466. The van der Waals surface area contributed by atoms with E-state index in [-0.39, 0.29) is 5.56 Å². The maximum Gasteiger partial charge on any atom is 0.321 e. The van der Waals surface area contributed by atoms with E-state index in [1.54, 1.807) is 18.3 Å². The van der Waals surface area contributed by atoms with Gasteiger partial charge in [0.2, 0.25) is 5.91 Å². The number of nitrogens with zero attached hydrogens (tertiary/aromatic N) is 1. The van der Waals surface area contributed by atoms with Crippen LogP contribution in [0.1, 0.15) is 6.92 Å². The minimum atomic E-state index is -0.588. The van der Waals surface area contributed by atoms with E-state index in [1.807, 2.05) is 22.9 Å². The summed E-state index contributed by atoms with van der Waals surface area (Å²) in [5.74, 6) is -0.461. The molecule has 0 aliphatic carbocycles. The molecule has 0 unspecified atom stereocenters. The Labute approximate surface area is 154 Å². The first-order valence-electron chi connectivity index (χ1n) is 7.24. The zero-order chi connectivity index (χ0) is 18.0. The maximum atomic E-state index is 12.5. The van der Waals surface area contributed by atoms with E-state index >= 15 is 0 Å². The summed E-state index contributed by atoms with van der Waals surface area (Å²) >= 11 is 4.04. The molecule has 130 valence electrons. The number of aromatic amines is 1. The van der Waals surface area contributed by atoms with Crippen molar-refractivity contribution in [2.75, 3.05) is 7.05 Å². The number of H-pyrrole nitrogens is 1. The van der Waals surface area contributed by atoms with E-state index in [2.05, 4.69) is 20.6 Å². The lowest BCUT2D eigenvalue weighted by Gasteiger charge is -2.10. The van der Waals surface area contributed by atoms with Gasteiger partial charge >= 0.3 is 6.03 Å². The summed E-state index contributed by atoms with van der Waals surface area (Å²) in [5, 5.41) is 8.69. The van der Waals surface area contributed by atoms with Crippen molar-refractivity contribution in [3.63, 3.8) is 0 Å². The van der Waals surface area contributed by atoms with Crippen LogP contribution in [0.2, 0.25) is 0 Å². The van der Waals surface area contributed by atoms with Gasteiger partial charge in [0.25, 0.3) is 5.56 Å². The normalized spacial score (nSPS) is 12.1. The van der Waals surface area contributed by atoms with E-state index in [9.17, 15) is 14.4 Å². The highest BCUT2D eigenvalue weighted by molar-refractivity contribution is 8.00. The van der Waals surface area contributed by atoms with Crippen LogP contribution in [0.4, 0.5) is 4.79 Å². The van der Waals surface area contributed by atoms with Gasteiger partial charge in [-0.05, 0) is 18.4 Å². The molecule has 0 aliphatic rings. The topological polar surface area (TPSA) is 104 Å². The molecular formula is C15H14N4O3S3. The minimum absolute atomic E-state index is 0.240. The Morgan fingerprint density at radius 2 is 2.16 bits per heavy atom. The number of carbonyl (C=O) groups is 2. The van der Waals surface area contributed by atoms with Gasteiger partial charge < -0.3 is 10.3 Å². The Morgan fingerprint density at radius 1 is 1.36 bits per heavy atom. The third-order valence-electron chi connectivity index (χ3n) is 3.33. The van der Waals surface area contributed by atoms with Crippen molar-refractivity contribution < 1.29 is 9.59 Å². The molecule has 3 N–H and O–H groups in total. The van der Waals surface area contributed by atoms with Crippen LogP contribution < -0.4 is 16.2 Å². The number of amides is 3. The largest absolute Gasteiger partial charge is 0.341 e. The average molecular weight is 395 g/mol. The summed E-state index contributed by atoms with van der Waals surface area (Å²) in [4.78, 5) is 44.4. The Bertz CT molecular complexity index is 978. The number of hydrogen-bond acceptors (Lipinski definition) is 7. The van der Waals surface area contributed by atoms with Crippen molar-refractivity contribution in [3.05, 3.63) is 33.2 Å². The third kappa shape index (κ3) is 3.75. The van der Waals surface area contributed by atoms with Gasteiger partial charge in [-0.3, -0.25) is 14.9 Å². The summed E-state index contributed by atoms with van der Waals surface area (Å²) in [6.45, 7) is 1.64. The van der Waals surface area contributed by atoms with Crippen LogP contribution in [-0.4, -0.2) is 34.2 Å². The van der Waals surface area contributed by atoms with Gasteiger partial charge in [0.1, 0.15) is 4.83 Å². The van der Waals surface area contributed by atoms with E-state index in [1.165, 1.54) is 18.4 Å². The van der Waals surface area contributed by atoms with Crippen molar-refractivity contribution in [1.29, 1.82) is 0 Å². The van der Waals surface area contributed by atoms with Crippen molar-refractivity contribution in [2.45, 2.75) is 17.3 Å². The smallest absolute Gasteiger partial charge is 0.321 e. The van der Waals surface area contributed by atoms with Crippen LogP contribution in [0.5, 0.6) is 0 Å². The van der Waals surface area contributed by atoms with E-state index in [4.69, 9.17) is 0 Å². The molecule has 3 amide bonds. The lowest BCUT2D eigenvalue weighted by molar-refractivity contribution is -0.119. The molecular weight excluding hydrogens is 380 g/mol. The molecule has 1 atom stereocenters. The van der Waals surface area contributed by atoms with Crippen molar-refractivity contribution in [1.82, 2.24) is 20.6 Å². The Hall–Kier alpha value is -2.17. The average Bonchev–Trinajstić information content (AvgIpc) is 3.23. The van der Waals surface area contributed by atoms with E-state index in [0.717, 1.165) is 22.2 Å². The molecule has 3 aromatic heterocycles. The Balaban J connectivity index is 1.86. The molecule has 3 heterocycles. The summed E-state index contributed by atoms with van der Waals surface area (Å²) < 4.78 is 0. The molecule has 0 saturated heterocycles. The number of thiophene rings is 2. The van der Waals surface area contributed by atoms with Gasteiger partial charge in [0.15, 0.2) is 5.16 Å². The fraction of sp³-hybridized carbons (Fsp3) is 0.200. The van der Waals surface area contributed by atoms with Gasteiger partial charge in [-0.15, -0.1) is 22.7 Å². The van der Waals surface area contributed by atoms with Crippen molar-refractivity contribution >= 4 is 56.6 Å². The molecule has 0 fully saturated rings. The number of imide groups is 1. The van der Waals surface area contributed by atoms with Gasteiger partial charge in [-0.25, -0.2) is 9.78 Å². The second kappa shape index (κ2) is 7.38. The first-order chi connectivity index (χ1) is 12.0. The van der Waals surface area contributed by atoms with Gasteiger partial charge in [-0.2, -0.15) is 0 Å². The molecule has 3 aromatic rings. The highest BCUT2D eigenvalue weighted by Crippen LogP contribution is 2.34. The highest BCUT2D eigenvalue weighted by atomic mass is 32.2. The molecule has 0 bridgehead atoms. The van der Waals surface area contributed by atoms with Crippen LogP contribution in [-0.2, 0) is 4.79 Å². The van der Waals surface area contributed by atoms with Crippen LogP contribution in [0.15, 0.2) is 32.8 Å². The van der Waals surface area contributed by atoms with Crippen LogP contribution in [0.3, 0.4) is 0 Å². The monoisotopic (exact) mass is 394 g/mol. The fourth-order valence-corrected chi connectivity index (χ4v) is 4.71. The predicted molar refractivity (Wildman–Crippen MR) is 101 cm³/mol. The van der Waals surface area contributed by atoms with E-state index < -0.39 is 17.2 Å². The number of hydrogen-bond donors (Lipinski definition) is 3. The molecule has 7 nitrogen and oxygen atoms in total. The molecule has 0 spiro atoms. The molecule has 0 radical (unpaired) electrons. The molecule has 0 aromatic carbocycles. The first kappa shape index (κ1) is 17.6. The molecule has 0 aliphatic heterocycles. The number of thioether (sulfide) groups is 1. The minimum Gasteiger partial charge on any atom is -0.341 e. The lowest BCUT2D eigenvalue weighted by atomic mass is 10.2. The SMILES string of the molecule is CNC(=O)NC(=O)[C@@H](C)Sc1nc2scc(-c3cccs3)c2c(=O)[nH]1. The van der Waals surface area contributed by atoms with Crippen molar-refractivity contribution in [3.8, 4) is 10.4 Å². The summed E-state index contributed by atoms with van der Waals surface area (Å²) in [6.07, 6.45) is 0. The second-order valence-corrected chi connectivity index (χ2v) is 8.14. The number of rotatable bonds is 4. The lowest BCUT2D eigenvalue weighted by Crippen LogP contribution is -2.41. The van der Waals surface area contributed by atoms with Gasteiger partial charge in [0, 0.05) is 22.9 Å². The van der Waals surface area contributed by atoms with Crippen molar-refractivity contribution in [2.24, 2.45) is 0 Å². The molecule has 3 rings (SSSR count).